The Morgan fingerprint density at radius 1 is 1.38 bits per heavy atom. The molecule has 3 N–H and O–H groups in total. The predicted molar refractivity (Wildman–Crippen MR) is 57.8 cm³/mol. The number of hydrogen-bond acceptors (Lipinski definition) is 2. The molecule has 0 bridgehead atoms. The largest absolute Gasteiger partial charge is 0.506 e. The van der Waals surface area contributed by atoms with Gasteiger partial charge in [0.1, 0.15) is 5.75 Å². The molecule has 1 rings (SSSR count). The van der Waals surface area contributed by atoms with Crippen molar-refractivity contribution >= 4 is 15.9 Å². The molecule has 1 aromatic rings. The summed E-state index contributed by atoms with van der Waals surface area (Å²) in [5.41, 5.74) is 7.14. The number of aromatic hydroxyl groups is 1. The second kappa shape index (κ2) is 3.31. The van der Waals surface area contributed by atoms with Crippen LogP contribution >= 0.6 is 15.9 Å². The van der Waals surface area contributed by atoms with E-state index < -0.39 is 5.54 Å². The van der Waals surface area contributed by atoms with Gasteiger partial charge in [-0.2, -0.15) is 0 Å². The van der Waals surface area contributed by atoms with E-state index in [1.165, 1.54) is 0 Å². The van der Waals surface area contributed by atoms with Crippen LogP contribution in [0.5, 0.6) is 5.75 Å². The maximum absolute atomic E-state index is 9.79. The zero-order valence-corrected chi connectivity index (χ0v) is 9.64. The average Bonchev–Trinajstić information content (AvgIpc) is 1.98. The summed E-state index contributed by atoms with van der Waals surface area (Å²) in [5, 5.41) is 9.79. The number of halogens is 1. The highest BCUT2D eigenvalue weighted by Crippen LogP contribution is 2.35. The van der Waals surface area contributed by atoms with E-state index in [1.54, 1.807) is 0 Å². The Hall–Kier alpha value is -0.540. The standard InChI is InChI=1S/C10H14BrNO/c1-6-4-5-7(10(2,3)12)9(13)8(6)11/h4-5,13H,12H2,1-3H3. The molecule has 0 saturated carbocycles. The minimum Gasteiger partial charge on any atom is -0.506 e. The van der Waals surface area contributed by atoms with Crippen molar-refractivity contribution in [3.05, 3.63) is 27.7 Å². The van der Waals surface area contributed by atoms with Crippen molar-refractivity contribution in [1.82, 2.24) is 0 Å². The summed E-state index contributed by atoms with van der Waals surface area (Å²) in [5.74, 6) is 0.243. The molecule has 0 heterocycles. The molecule has 2 nitrogen and oxygen atoms in total. The van der Waals surface area contributed by atoms with Crippen LogP contribution in [0.3, 0.4) is 0 Å². The monoisotopic (exact) mass is 243 g/mol. The van der Waals surface area contributed by atoms with E-state index in [0.717, 1.165) is 15.6 Å². The van der Waals surface area contributed by atoms with Gasteiger partial charge in [0.2, 0.25) is 0 Å². The number of hydrogen-bond donors (Lipinski definition) is 2. The number of aryl methyl sites for hydroxylation is 1. The maximum atomic E-state index is 9.79. The van der Waals surface area contributed by atoms with Crippen LogP contribution in [0.2, 0.25) is 0 Å². The van der Waals surface area contributed by atoms with Gasteiger partial charge in [0.25, 0.3) is 0 Å². The van der Waals surface area contributed by atoms with Gasteiger partial charge in [-0.25, -0.2) is 0 Å². The summed E-state index contributed by atoms with van der Waals surface area (Å²) in [7, 11) is 0. The van der Waals surface area contributed by atoms with E-state index in [1.807, 2.05) is 32.9 Å². The molecule has 3 heteroatoms. The molecule has 0 fully saturated rings. The van der Waals surface area contributed by atoms with Crippen molar-refractivity contribution in [3.8, 4) is 5.75 Å². The highest BCUT2D eigenvalue weighted by atomic mass is 79.9. The van der Waals surface area contributed by atoms with Crippen molar-refractivity contribution in [2.45, 2.75) is 26.3 Å². The van der Waals surface area contributed by atoms with E-state index in [2.05, 4.69) is 15.9 Å². The Morgan fingerprint density at radius 3 is 2.38 bits per heavy atom. The molecule has 0 aliphatic heterocycles. The molecular formula is C10H14BrNO. The van der Waals surface area contributed by atoms with Crippen molar-refractivity contribution in [2.75, 3.05) is 0 Å². The van der Waals surface area contributed by atoms with Gasteiger partial charge in [-0.05, 0) is 42.3 Å². The zero-order valence-electron chi connectivity index (χ0n) is 8.06. The van der Waals surface area contributed by atoms with Crippen molar-refractivity contribution in [3.63, 3.8) is 0 Å². The van der Waals surface area contributed by atoms with Gasteiger partial charge in [0, 0.05) is 11.1 Å². The molecule has 0 unspecified atom stereocenters. The van der Waals surface area contributed by atoms with E-state index >= 15 is 0 Å². The van der Waals surface area contributed by atoms with Crippen LogP contribution in [0.25, 0.3) is 0 Å². The third-order valence-corrected chi connectivity index (χ3v) is 3.00. The van der Waals surface area contributed by atoms with Gasteiger partial charge < -0.3 is 10.8 Å². The normalized spacial score (nSPS) is 11.8. The second-order valence-corrected chi connectivity index (χ2v) is 4.61. The van der Waals surface area contributed by atoms with Gasteiger partial charge in [0.05, 0.1) is 4.47 Å². The fraction of sp³-hybridized carbons (Fsp3) is 0.400. The molecule has 0 atom stereocenters. The summed E-state index contributed by atoms with van der Waals surface area (Å²) in [4.78, 5) is 0. The van der Waals surface area contributed by atoms with E-state index in [0.29, 0.717) is 0 Å². The van der Waals surface area contributed by atoms with Crippen molar-refractivity contribution in [1.29, 1.82) is 0 Å². The van der Waals surface area contributed by atoms with Crippen molar-refractivity contribution < 1.29 is 5.11 Å². The molecule has 0 amide bonds. The molecule has 0 aromatic heterocycles. The first-order chi connectivity index (χ1) is 5.84. The molecule has 0 aliphatic rings. The minimum absolute atomic E-state index is 0.243. The molecule has 0 spiro atoms. The molecular weight excluding hydrogens is 230 g/mol. The minimum atomic E-state index is -0.514. The van der Waals surface area contributed by atoms with Crippen LogP contribution in [0.1, 0.15) is 25.0 Å². The number of phenolic OH excluding ortho intramolecular Hbond substituents is 1. The van der Waals surface area contributed by atoms with Crippen LogP contribution in [0.15, 0.2) is 16.6 Å². The lowest BCUT2D eigenvalue weighted by Gasteiger charge is -2.21. The van der Waals surface area contributed by atoms with Gasteiger partial charge >= 0.3 is 0 Å². The van der Waals surface area contributed by atoms with Crippen LogP contribution in [0, 0.1) is 6.92 Å². The lowest BCUT2D eigenvalue weighted by atomic mass is 9.94. The Balaban J connectivity index is 3.35. The lowest BCUT2D eigenvalue weighted by molar-refractivity contribution is 0.437. The molecule has 0 saturated heterocycles. The van der Waals surface area contributed by atoms with E-state index in [4.69, 9.17) is 5.73 Å². The first-order valence-electron chi connectivity index (χ1n) is 4.11. The molecule has 0 aliphatic carbocycles. The van der Waals surface area contributed by atoms with E-state index in [9.17, 15) is 5.11 Å². The number of rotatable bonds is 1. The number of phenols is 1. The molecule has 0 radical (unpaired) electrons. The van der Waals surface area contributed by atoms with Crippen LogP contribution < -0.4 is 5.73 Å². The molecule has 13 heavy (non-hydrogen) atoms. The van der Waals surface area contributed by atoms with Gasteiger partial charge in [-0.1, -0.05) is 12.1 Å². The smallest absolute Gasteiger partial charge is 0.135 e. The number of benzene rings is 1. The first-order valence-corrected chi connectivity index (χ1v) is 4.90. The highest BCUT2D eigenvalue weighted by Gasteiger charge is 2.20. The van der Waals surface area contributed by atoms with E-state index in [-0.39, 0.29) is 5.75 Å². The third-order valence-electron chi connectivity index (χ3n) is 2.00. The average molecular weight is 244 g/mol. The third kappa shape index (κ3) is 2.03. The summed E-state index contributed by atoms with van der Waals surface area (Å²) in [6.07, 6.45) is 0. The Bertz CT molecular complexity index is 328. The second-order valence-electron chi connectivity index (χ2n) is 3.81. The first kappa shape index (κ1) is 10.5. The molecule has 72 valence electrons. The Kier molecular flexibility index (Phi) is 2.68. The zero-order chi connectivity index (χ0) is 10.2. The quantitative estimate of drug-likeness (QED) is 0.797. The topological polar surface area (TPSA) is 46.2 Å². The summed E-state index contributed by atoms with van der Waals surface area (Å²) >= 11 is 3.32. The Labute approximate surface area is 86.9 Å². The summed E-state index contributed by atoms with van der Waals surface area (Å²) in [6.45, 7) is 5.66. The van der Waals surface area contributed by atoms with Crippen LogP contribution in [-0.2, 0) is 5.54 Å². The lowest BCUT2D eigenvalue weighted by Crippen LogP contribution is -2.28. The SMILES string of the molecule is Cc1ccc(C(C)(C)N)c(O)c1Br. The van der Waals surface area contributed by atoms with Gasteiger partial charge in [-0.3, -0.25) is 0 Å². The summed E-state index contributed by atoms with van der Waals surface area (Å²) < 4.78 is 0.725. The maximum Gasteiger partial charge on any atom is 0.135 e. The van der Waals surface area contributed by atoms with Crippen LogP contribution in [0.4, 0.5) is 0 Å². The van der Waals surface area contributed by atoms with Gasteiger partial charge in [-0.15, -0.1) is 0 Å². The predicted octanol–water partition coefficient (Wildman–Crippen LogP) is 2.66. The van der Waals surface area contributed by atoms with Crippen molar-refractivity contribution in [2.24, 2.45) is 5.73 Å². The number of nitrogens with two attached hydrogens (primary N) is 1. The molecule has 1 aromatic carbocycles. The fourth-order valence-electron chi connectivity index (χ4n) is 1.19. The van der Waals surface area contributed by atoms with Gasteiger partial charge in [0.15, 0.2) is 0 Å². The fourth-order valence-corrected chi connectivity index (χ4v) is 1.53. The summed E-state index contributed by atoms with van der Waals surface area (Å²) in [6, 6.07) is 3.79. The Morgan fingerprint density at radius 2 is 1.92 bits per heavy atom. The van der Waals surface area contributed by atoms with Crippen LogP contribution in [-0.4, -0.2) is 5.11 Å². The highest BCUT2D eigenvalue weighted by molar-refractivity contribution is 9.10.